The van der Waals surface area contributed by atoms with Gasteiger partial charge in [-0.3, -0.25) is 14.1 Å². The van der Waals surface area contributed by atoms with Crippen LogP contribution in [0.15, 0.2) is 63.9 Å². The highest BCUT2D eigenvalue weighted by molar-refractivity contribution is 5.84. The van der Waals surface area contributed by atoms with Gasteiger partial charge in [0.15, 0.2) is 0 Å². The molecule has 1 saturated carbocycles. The van der Waals surface area contributed by atoms with Crippen molar-refractivity contribution in [2.75, 3.05) is 25.1 Å². The summed E-state index contributed by atoms with van der Waals surface area (Å²) in [6.45, 7) is -0.394. The zero-order valence-corrected chi connectivity index (χ0v) is 18.1. The van der Waals surface area contributed by atoms with Gasteiger partial charge in [0.1, 0.15) is 18.8 Å². The third kappa shape index (κ3) is 5.22. The molecule has 3 aromatic rings. The molecule has 10 nitrogen and oxygen atoms in total. The number of nitrogens with one attached hydrogen (secondary N) is 1. The van der Waals surface area contributed by atoms with Crippen LogP contribution in [0.25, 0.3) is 5.69 Å². The Balaban J connectivity index is 1.57. The van der Waals surface area contributed by atoms with Gasteiger partial charge < -0.3 is 19.6 Å². The number of aliphatic carboxylic acids is 1. The van der Waals surface area contributed by atoms with Gasteiger partial charge in [-0.2, -0.15) is 0 Å². The third-order valence-corrected chi connectivity index (χ3v) is 5.47. The van der Waals surface area contributed by atoms with Crippen molar-refractivity contribution in [3.63, 3.8) is 0 Å². The number of hydrogen-bond acceptors (Lipinski definition) is 6. The highest BCUT2D eigenvalue weighted by atomic mass is 16.5. The molecule has 2 aromatic carbocycles. The molecule has 2 N–H and O–H groups in total. The summed E-state index contributed by atoms with van der Waals surface area (Å²) in [6, 6.07) is 16.0. The van der Waals surface area contributed by atoms with Gasteiger partial charge in [0.25, 0.3) is 0 Å². The van der Waals surface area contributed by atoms with E-state index in [4.69, 9.17) is 9.26 Å². The second-order valence-corrected chi connectivity index (χ2v) is 7.80. The lowest BCUT2D eigenvalue weighted by atomic mass is 10.2. The average molecular weight is 453 g/mol. The predicted octanol–water partition coefficient (Wildman–Crippen LogP) is 1.34. The summed E-state index contributed by atoms with van der Waals surface area (Å²) in [6.07, 6.45) is 1.66. The van der Waals surface area contributed by atoms with Crippen LogP contribution in [0.3, 0.4) is 0 Å². The first kappa shape index (κ1) is 22.1. The zero-order chi connectivity index (χ0) is 23.4. The van der Waals surface area contributed by atoms with Gasteiger partial charge >= 0.3 is 17.3 Å². The lowest BCUT2D eigenvalue weighted by Crippen LogP contribution is -2.47. The molecule has 1 fully saturated rings. The van der Waals surface area contributed by atoms with Crippen LogP contribution in [-0.2, 0) is 16.1 Å². The Hall–Kier alpha value is -4.08. The standard InChI is InChI=1S/C23H24N4O6/c1-32-19-11-9-18(10-12-19)27-20(23(31)33-24-27)13-26(17-7-8-17)21(28)14-25(15-22(29)30)16-5-3-2-4-6-16/h2-6,9-12,17H,7-8,13-15H2,1H3,(H-,24,29,30,31)/p+1. The molecular weight excluding hydrogens is 428 g/mol. The summed E-state index contributed by atoms with van der Waals surface area (Å²) in [5.74, 6) is -0.626. The number of aromatic amines is 1. The van der Waals surface area contributed by atoms with Gasteiger partial charge in [-0.15, -0.1) is 0 Å². The van der Waals surface area contributed by atoms with E-state index in [1.54, 1.807) is 60.5 Å². The Morgan fingerprint density at radius 3 is 2.42 bits per heavy atom. The molecule has 4 rings (SSSR count). The largest absolute Gasteiger partial charge is 0.497 e. The van der Waals surface area contributed by atoms with Crippen molar-refractivity contribution in [3.05, 3.63) is 70.7 Å². The lowest BCUT2D eigenvalue weighted by Gasteiger charge is -2.27. The number of hydrogen-bond donors (Lipinski definition) is 2. The predicted molar refractivity (Wildman–Crippen MR) is 117 cm³/mol. The van der Waals surface area contributed by atoms with Crippen molar-refractivity contribution in [1.29, 1.82) is 0 Å². The van der Waals surface area contributed by atoms with Gasteiger partial charge in [-0.25, -0.2) is 4.79 Å². The molecule has 1 aromatic heterocycles. The first-order chi connectivity index (χ1) is 16.0. The van der Waals surface area contributed by atoms with E-state index in [-0.39, 0.29) is 37.3 Å². The number of methoxy groups -OCH3 is 1. The minimum absolute atomic E-state index is 0.00133. The number of carboxylic acid groups (broad SMARTS) is 1. The second-order valence-electron chi connectivity index (χ2n) is 7.80. The number of aromatic nitrogens is 2. The summed E-state index contributed by atoms with van der Waals surface area (Å²) in [7, 11) is 1.56. The fourth-order valence-electron chi connectivity index (χ4n) is 3.63. The van der Waals surface area contributed by atoms with Crippen LogP contribution in [0, 0.1) is 0 Å². The maximum atomic E-state index is 13.3. The molecule has 0 unspecified atom stereocenters. The minimum atomic E-state index is -1.03. The number of H-pyrrole nitrogens is 1. The van der Waals surface area contributed by atoms with Crippen molar-refractivity contribution in [2.45, 2.75) is 25.4 Å². The number of benzene rings is 2. The molecule has 33 heavy (non-hydrogen) atoms. The number of rotatable bonds is 10. The topological polar surface area (TPSA) is 120 Å². The smallest absolute Gasteiger partial charge is 0.432 e. The number of nitrogens with zero attached hydrogens (tertiary/aromatic N) is 3. The number of para-hydroxylation sites is 1. The number of carbonyl (C=O) groups excluding carboxylic acids is 1. The number of carboxylic acids is 1. The third-order valence-electron chi connectivity index (χ3n) is 5.47. The highest BCUT2D eigenvalue weighted by Crippen LogP contribution is 2.28. The van der Waals surface area contributed by atoms with Crippen LogP contribution in [0.4, 0.5) is 5.69 Å². The van der Waals surface area contributed by atoms with E-state index >= 15 is 0 Å². The van der Waals surface area contributed by atoms with Gasteiger partial charge in [0, 0.05) is 23.9 Å². The quantitative estimate of drug-likeness (QED) is 0.445. The van der Waals surface area contributed by atoms with Crippen LogP contribution >= 0.6 is 0 Å². The normalized spacial score (nSPS) is 12.9. The maximum Gasteiger partial charge on any atom is 0.432 e. The Kier molecular flexibility index (Phi) is 6.43. The molecular formula is C23H25N4O6+. The Bertz CT molecular complexity index is 1170. The minimum Gasteiger partial charge on any atom is -0.497 e. The number of ether oxygens (including phenoxy) is 1. The Morgan fingerprint density at radius 1 is 1.12 bits per heavy atom. The van der Waals surface area contributed by atoms with Gasteiger partial charge in [-0.1, -0.05) is 18.2 Å². The van der Waals surface area contributed by atoms with Crippen molar-refractivity contribution in [2.24, 2.45) is 0 Å². The number of anilines is 1. The van der Waals surface area contributed by atoms with Crippen LogP contribution in [0.1, 0.15) is 18.5 Å². The van der Waals surface area contributed by atoms with Crippen LogP contribution < -0.4 is 19.9 Å². The monoisotopic (exact) mass is 453 g/mol. The molecule has 1 heterocycles. The summed E-state index contributed by atoms with van der Waals surface area (Å²) in [5, 5.41) is 11.9. The van der Waals surface area contributed by atoms with Crippen LogP contribution in [-0.4, -0.2) is 53.4 Å². The molecule has 0 spiro atoms. The maximum absolute atomic E-state index is 13.3. The summed E-state index contributed by atoms with van der Waals surface area (Å²) < 4.78 is 11.7. The molecule has 1 aliphatic rings. The molecule has 0 bridgehead atoms. The fraction of sp³-hybridized carbons (Fsp3) is 0.304. The first-order valence-corrected chi connectivity index (χ1v) is 10.5. The van der Waals surface area contributed by atoms with E-state index in [1.807, 2.05) is 6.07 Å². The van der Waals surface area contributed by atoms with E-state index in [0.717, 1.165) is 12.8 Å². The lowest BCUT2D eigenvalue weighted by molar-refractivity contribution is -0.678. The van der Waals surface area contributed by atoms with E-state index in [2.05, 4.69) is 5.27 Å². The van der Waals surface area contributed by atoms with Crippen molar-refractivity contribution >= 4 is 17.6 Å². The molecule has 172 valence electrons. The SMILES string of the molecule is COc1ccc(-[n+]2[nH]oc(=O)c2CN(C(=O)CN(CC(=O)O)c2ccccc2)C2CC2)cc1. The van der Waals surface area contributed by atoms with E-state index in [9.17, 15) is 19.5 Å². The molecule has 10 heteroatoms. The van der Waals surface area contributed by atoms with Gasteiger partial charge in [-0.05, 0) is 47.1 Å². The van der Waals surface area contributed by atoms with Crippen molar-refractivity contribution < 1.29 is 28.6 Å². The Morgan fingerprint density at radius 2 is 1.82 bits per heavy atom. The summed E-state index contributed by atoms with van der Waals surface area (Å²) in [4.78, 5) is 40.3. The zero-order valence-electron chi connectivity index (χ0n) is 18.1. The van der Waals surface area contributed by atoms with Crippen molar-refractivity contribution in [3.8, 4) is 11.4 Å². The van der Waals surface area contributed by atoms with Crippen LogP contribution in [0.2, 0.25) is 0 Å². The number of amides is 1. The van der Waals surface area contributed by atoms with E-state index in [1.165, 1.54) is 9.58 Å². The van der Waals surface area contributed by atoms with E-state index in [0.29, 0.717) is 17.1 Å². The average Bonchev–Trinajstić information content (AvgIpc) is 3.60. The molecule has 1 amide bonds. The molecule has 0 radical (unpaired) electrons. The van der Waals surface area contributed by atoms with Gasteiger partial charge in [0.2, 0.25) is 11.6 Å². The van der Waals surface area contributed by atoms with Crippen molar-refractivity contribution in [1.82, 2.24) is 10.2 Å². The molecule has 0 aliphatic heterocycles. The van der Waals surface area contributed by atoms with E-state index < -0.39 is 11.6 Å². The molecule has 0 atom stereocenters. The Labute approximate surface area is 189 Å². The second kappa shape index (κ2) is 9.60. The number of carbonyl (C=O) groups is 2. The fourth-order valence-corrected chi connectivity index (χ4v) is 3.63. The van der Waals surface area contributed by atoms with Crippen LogP contribution in [0.5, 0.6) is 5.75 Å². The summed E-state index contributed by atoms with van der Waals surface area (Å²) in [5.41, 5.74) is 0.981. The van der Waals surface area contributed by atoms with Gasteiger partial charge in [0.05, 0.1) is 13.7 Å². The molecule has 0 saturated heterocycles. The summed E-state index contributed by atoms with van der Waals surface area (Å²) >= 11 is 0. The first-order valence-electron chi connectivity index (χ1n) is 10.5. The highest BCUT2D eigenvalue weighted by Gasteiger charge is 2.37. The molecule has 1 aliphatic carbocycles.